The first-order chi connectivity index (χ1) is 8.79. The summed E-state index contributed by atoms with van der Waals surface area (Å²) in [6.07, 6.45) is 6.59. The zero-order valence-electron chi connectivity index (χ0n) is 11.0. The molecule has 0 aromatic heterocycles. The molecule has 2 N–H and O–H groups in total. The maximum absolute atomic E-state index is 6.10. The van der Waals surface area contributed by atoms with Crippen molar-refractivity contribution in [1.82, 2.24) is 0 Å². The van der Waals surface area contributed by atoms with E-state index in [1.165, 1.54) is 24.8 Å². The monoisotopic (exact) mass is 243 g/mol. The van der Waals surface area contributed by atoms with Gasteiger partial charge in [0.2, 0.25) is 0 Å². The first-order valence-electron chi connectivity index (χ1n) is 6.76. The lowest BCUT2D eigenvalue weighted by Crippen LogP contribution is -2.20. The van der Waals surface area contributed by atoms with Crippen LogP contribution in [0.15, 0.2) is 18.2 Å². The number of hydrogen-bond donors (Lipinski definition) is 1. The lowest BCUT2D eigenvalue weighted by molar-refractivity contribution is 0.154. The second-order valence-corrected chi connectivity index (χ2v) is 4.88. The minimum absolute atomic E-state index is 0.361. The Morgan fingerprint density at radius 3 is 2.78 bits per heavy atom. The third-order valence-electron chi connectivity index (χ3n) is 3.31. The smallest absolute Gasteiger partial charge is 0.135 e. The highest BCUT2D eigenvalue weighted by atomic mass is 16.5. The maximum Gasteiger partial charge on any atom is 0.135 e. The number of aryl methyl sites for hydroxylation is 1. The van der Waals surface area contributed by atoms with Gasteiger partial charge < -0.3 is 10.5 Å². The third kappa shape index (κ3) is 3.51. The van der Waals surface area contributed by atoms with Crippen LogP contribution in [0.2, 0.25) is 0 Å². The number of ether oxygens (including phenoxy) is 1. The fourth-order valence-electron chi connectivity index (χ4n) is 2.35. The third-order valence-corrected chi connectivity index (χ3v) is 3.31. The minimum atomic E-state index is 0.361. The van der Waals surface area contributed by atoms with Gasteiger partial charge in [0.05, 0.1) is 18.2 Å². The van der Waals surface area contributed by atoms with Gasteiger partial charge in [-0.25, -0.2) is 0 Å². The molecule has 2 nitrogen and oxygen atoms in total. The van der Waals surface area contributed by atoms with E-state index < -0.39 is 0 Å². The molecule has 0 saturated heterocycles. The van der Waals surface area contributed by atoms with Gasteiger partial charge in [-0.05, 0) is 50.3 Å². The Bertz CT molecular complexity index is 450. The average Bonchev–Trinajstić information content (AvgIpc) is 2.40. The van der Waals surface area contributed by atoms with Gasteiger partial charge in [-0.1, -0.05) is 24.3 Å². The molecule has 1 aromatic rings. The Morgan fingerprint density at radius 1 is 1.28 bits per heavy atom. The molecular weight excluding hydrogens is 222 g/mol. The lowest BCUT2D eigenvalue weighted by Gasteiger charge is -2.23. The van der Waals surface area contributed by atoms with Crippen molar-refractivity contribution in [2.24, 2.45) is 5.73 Å². The first-order valence-corrected chi connectivity index (χ1v) is 6.76. The van der Waals surface area contributed by atoms with Crippen LogP contribution in [-0.2, 0) is 0 Å². The summed E-state index contributed by atoms with van der Waals surface area (Å²) in [5.74, 6) is 6.92. The molecule has 0 aliphatic heterocycles. The van der Waals surface area contributed by atoms with Crippen molar-refractivity contribution in [2.45, 2.75) is 45.1 Å². The molecule has 18 heavy (non-hydrogen) atoms. The molecule has 1 aliphatic carbocycles. The van der Waals surface area contributed by atoms with Gasteiger partial charge in [0.25, 0.3) is 0 Å². The van der Waals surface area contributed by atoms with Crippen LogP contribution in [0.4, 0.5) is 0 Å². The highest BCUT2D eigenvalue weighted by molar-refractivity contribution is 5.48. The molecule has 96 valence electrons. The summed E-state index contributed by atoms with van der Waals surface area (Å²) in [5.41, 5.74) is 7.60. The second kappa shape index (κ2) is 6.47. The van der Waals surface area contributed by atoms with Crippen molar-refractivity contribution in [2.75, 3.05) is 6.54 Å². The van der Waals surface area contributed by atoms with E-state index in [4.69, 9.17) is 10.5 Å². The van der Waals surface area contributed by atoms with Crippen LogP contribution in [0.25, 0.3) is 0 Å². The topological polar surface area (TPSA) is 35.2 Å². The number of benzene rings is 1. The van der Waals surface area contributed by atoms with E-state index >= 15 is 0 Å². The van der Waals surface area contributed by atoms with Crippen molar-refractivity contribution in [3.63, 3.8) is 0 Å². The quantitative estimate of drug-likeness (QED) is 0.810. The van der Waals surface area contributed by atoms with Crippen LogP contribution < -0.4 is 10.5 Å². The Labute approximate surface area is 110 Å². The van der Waals surface area contributed by atoms with E-state index in [9.17, 15) is 0 Å². The Balaban J connectivity index is 2.15. The van der Waals surface area contributed by atoms with Gasteiger partial charge in [0.15, 0.2) is 0 Å². The van der Waals surface area contributed by atoms with Crippen LogP contribution in [0.5, 0.6) is 5.75 Å². The first kappa shape index (κ1) is 13.0. The van der Waals surface area contributed by atoms with Crippen molar-refractivity contribution in [3.8, 4) is 17.6 Å². The van der Waals surface area contributed by atoms with E-state index in [0.29, 0.717) is 12.6 Å². The van der Waals surface area contributed by atoms with Crippen LogP contribution in [-0.4, -0.2) is 12.6 Å². The highest BCUT2D eigenvalue weighted by Crippen LogP contribution is 2.26. The minimum Gasteiger partial charge on any atom is -0.489 e. The van der Waals surface area contributed by atoms with Gasteiger partial charge in [0, 0.05) is 0 Å². The fraction of sp³-hybridized carbons (Fsp3) is 0.500. The standard InChI is InChI=1S/C16H21NO/c1-13-9-10-16(14(12-13)6-5-11-17)18-15-7-3-2-4-8-15/h9-10,12,15H,2-4,7-8,11,17H2,1H3. The number of nitrogens with two attached hydrogens (primary N) is 1. The normalized spacial score (nSPS) is 15.9. The average molecular weight is 243 g/mol. The summed E-state index contributed by atoms with van der Waals surface area (Å²) in [4.78, 5) is 0. The molecule has 0 bridgehead atoms. The van der Waals surface area contributed by atoms with Gasteiger partial charge in [0.1, 0.15) is 5.75 Å². The molecule has 1 saturated carbocycles. The summed E-state index contributed by atoms with van der Waals surface area (Å²) in [7, 11) is 0. The second-order valence-electron chi connectivity index (χ2n) is 4.88. The fourth-order valence-corrected chi connectivity index (χ4v) is 2.35. The predicted molar refractivity (Wildman–Crippen MR) is 74.6 cm³/mol. The largest absolute Gasteiger partial charge is 0.489 e. The van der Waals surface area contributed by atoms with E-state index in [2.05, 4.69) is 30.9 Å². The zero-order chi connectivity index (χ0) is 12.8. The zero-order valence-corrected chi connectivity index (χ0v) is 11.0. The summed E-state index contributed by atoms with van der Waals surface area (Å²) in [5, 5.41) is 0. The molecule has 0 atom stereocenters. The maximum atomic E-state index is 6.10. The van der Waals surface area contributed by atoms with Crippen molar-refractivity contribution >= 4 is 0 Å². The molecule has 0 amide bonds. The van der Waals surface area contributed by atoms with E-state index in [0.717, 1.165) is 24.2 Å². The lowest BCUT2D eigenvalue weighted by atomic mass is 9.97. The predicted octanol–water partition coefficient (Wildman–Crippen LogP) is 3.02. The summed E-state index contributed by atoms with van der Waals surface area (Å²) in [6, 6.07) is 6.18. The van der Waals surface area contributed by atoms with Gasteiger partial charge in [-0.2, -0.15) is 0 Å². The van der Waals surface area contributed by atoms with Crippen molar-refractivity contribution in [3.05, 3.63) is 29.3 Å². The molecule has 0 heterocycles. The molecule has 0 spiro atoms. The molecule has 1 aromatic carbocycles. The Morgan fingerprint density at radius 2 is 2.06 bits per heavy atom. The molecule has 2 heteroatoms. The van der Waals surface area contributed by atoms with Crippen LogP contribution in [0.3, 0.4) is 0 Å². The molecule has 0 unspecified atom stereocenters. The van der Waals surface area contributed by atoms with Crippen LogP contribution in [0.1, 0.15) is 43.2 Å². The highest BCUT2D eigenvalue weighted by Gasteiger charge is 2.16. The van der Waals surface area contributed by atoms with Crippen LogP contribution in [0, 0.1) is 18.8 Å². The van der Waals surface area contributed by atoms with Gasteiger partial charge in [-0.15, -0.1) is 0 Å². The SMILES string of the molecule is Cc1ccc(OC2CCCCC2)c(C#CCN)c1. The van der Waals surface area contributed by atoms with Crippen LogP contribution >= 0.6 is 0 Å². The molecule has 0 radical (unpaired) electrons. The molecule has 1 fully saturated rings. The number of hydrogen-bond acceptors (Lipinski definition) is 2. The van der Waals surface area contributed by atoms with Crippen molar-refractivity contribution in [1.29, 1.82) is 0 Å². The molecular formula is C16H21NO. The summed E-state index contributed by atoms with van der Waals surface area (Å²) >= 11 is 0. The van der Waals surface area contributed by atoms with E-state index in [1.807, 2.05) is 6.07 Å². The van der Waals surface area contributed by atoms with E-state index in [-0.39, 0.29) is 0 Å². The van der Waals surface area contributed by atoms with Gasteiger partial charge in [-0.3, -0.25) is 0 Å². The Kier molecular flexibility index (Phi) is 4.66. The van der Waals surface area contributed by atoms with Crippen molar-refractivity contribution < 1.29 is 4.74 Å². The molecule has 1 aliphatic rings. The number of rotatable bonds is 2. The molecule has 2 rings (SSSR count). The van der Waals surface area contributed by atoms with E-state index in [1.54, 1.807) is 0 Å². The Hall–Kier alpha value is -1.46. The summed E-state index contributed by atoms with van der Waals surface area (Å²) < 4.78 is 6.10. The summed E-state index contributed by atoms with van der Waals surface area (Å²) in [6.45, 7) is 2.45. The van der Waals surface area contributed by atoms with Gasteiger partial charge >= 0.3 is 0 Å².